The smallest absolute Gasteiger partial charge is 0.0924 e. The zero-order valence-corrected chi connectivity index (χ0v) is 18.3. The van der Waals surface area contributed by atoms with Crippen LogP contribution in [0.2, 0.25) is 0 Å². The summed E-state index contributed by atoms with van der Waals surface area (Å²) in [7, 11) is 0. The maximum Gasteiger partial charge on any atom is 0.0924 e. The first-order chi connectivity index (χ1) is 12.9. The summed E-state index contributed by atoms with van der Waals surface area (Å²) in [5.74, 6) is 0. The summed E-state index contributed by atoms with van der Waals surface area (Å²) >= 11 is 0. The first kappa shape index (κ1) is 22.4. The van der Waals surface area contributed by atoms with Crippen LogP contribution in [0.15, 0.2) is 42.5 Å². The molecule has 3 rings (SSSR count). The van der Waals surface area contributed by atoms with E-state index < -0.39 is 6.10 Å². The number of rotatable bonds is 6. The molecule has 0 saturated heterocycles. The van der Waals surface area contributed by atoms with Crippen LogP contribution in [0.3, 0.4) is 0 Å². The van der Waals surface area contributed by atoms with Gasteiger partial charge in [0.2, 0.25) is 0 Å². The van der Waals surface area contributed by atoms with Crippen LogP contribution in [0.4, 0.5) is 0 Å². The Hall–Kier alpha value is -1.94. The van der Waals surface area contributed by atoms with Gasteiger partial charge in [0, 0.05) is 17.5 Å². The van der Waals surface area contributed by atoms with Gasteiger partial charge in [-0.3, -0.25) is 0 Å². The Morgan fingerprint density at radius 2 is 1.57 bits per heavy atom. The molecule has 2 aromatic carbocycles. The number of hydrogen-bond acceptors (Lipinski definition) is 3. The zero-order chi connectivity index (χ0) is 19.6. The molecular formula is C24H31ClN2O. The van der Waals surface area contributed by atoms with Crippen molar-refractivity contribution in [1.82, 2.24) is 9.88 Å². The Labute approximate surface area is 174 Å². The van der Waals surface area contributed by atoms with Gasteiger partial charge in [-0.05, 0) is 57.1 Å². The van der Waals surface area contributed by atoms with E-state index in [-0.39, 0.29) is 12.4 Å². The summed E-state index contributed by atoms with van der Waals surface area (Å²) in [6.45, 7) is 13.0. The van der Waals surface area contributed by atoms with E-state index in [9.17, 15) is 5.11 Å². The Kier molecular flexibility index (Phi) is 7.59. The van der Waals surface area contributed by atoms with E-state index in [0.29, 0.717) is 6.54 Å². The highest BCUT2D eigenvalue weighted by Gasteiger charge is 2.18. The fourth-order valence-electron chi connectivity index (χ4n) is 3.68. The van der Waals surface area contributed by atoms with Crippen LogP contribution in [-0.2, 0) is 0 Å². The van der Waals surface area contributed by atoms with Gasteiger partial charge in [-0.2, -0.15) is 0 Å². The molecule has 150 valence electrons. The fraction of sp³-hybridized carbons (Fsp3) is 0.375. The molecule has 0 aliphatic heterocycles. The van der Waals surface area contributed by atoms with Crippen molar-refractivity contribution < 1.29 is 5.11 Å². The molecule has 0 amide bonds. The van der Waals surface area contributed by atoms with Gasteiger partial charge >= 0.3 is 0 Å². The molecular weight excluding hydrogens is 368 g/mol. The quantitative estimate of drug-likeness (QED) is 0.585. The number of likely N-dealkylation sites (N-methyl/N-ethyl adjacent to an activating group) is 1. The van der Waals surface area contributed by atoms with Gasteiger partial charge in [0.1, 0.15) is 0 Å². The SMILES string of the molecule is CCN(CC)CC(O)c1cc(-c2ccc(C)cc2)nc2c(C)cc(C)cc12.Cl. The van der Waals surface area contributed by atoms with E-state index in [4.69, 9.17) is 4.98 Å². The number of fused-ring (bicyclic) bond motifs is 1. The largest absolute Gasteiger partial charge is 0.387 e. The predicted octanol–water partition coefficient (Wildman–Crippen LogP) is 5.62. The molecule has 1 N–H and O–H groups in total. The Morgan fingerprint density at radius 1 is 0.929 bits per heavy atom. The van der Waals surface area contributed by atoms with E-state index in [0.717, 1.165) is 46.4 Å². The molecule has 0 aliphatic rings. The van der Waals surface area contributed by atoms with E-state index in [1.165, 1.54) is 11.1 Å². The summed E-state index contributed by atoms with van der Waals surface area (Å²) in [4.78, 5) is 7.21. The number of nitrogens with zero attached hydrogens (tertiary/aromatic N) is 2. The molecule has 1 unspecified atom stereocenters. The highest BCUT2D eigenvalue weighted by molar-refractivity contribution is 5.88. The standard InChI is InChI=1S/C24H30N2O.ClH/c1-6-26(7-2)15-23(27)20-14-22(19-10-8-16(3)9-11-19)25-24-18(5)12-17(4)13-21(20)24;/h8-14,23,27H,6-7,15H2,1-5H3;1H. The molecule has 0 radical (unpaired) electrons. The molecule has 1 aromatic heterocycles. The first-order valence-corrected chi connectivity index (χ1v) is 9.82. The molecule has 0 bridgehead atoms. The third-order valence-electron chi connectivity index (χ3n) is 5.31. The Bertz CT molecular complexity index is 933. The van der Waals surface area contributed by atoms with Crippen LogP contribution in [0, 0.1) is 20.8 Å². The number of halogens is 1. The van der Waals surface area contributed by atoms with Crippen molar-refractivity contribution in [3.8, 4) is 11.3 Å². The third kappa shape index (κ3) is 4.72. The molecule has 3 nitrogen and oxygen atoms in total. The first-order valence-electron chi connectivity index (χ1n) is 9.82. The van der Waals surface area contributed by atoms with Crippen molar-refractivity contribution in [3.63, 3.8) is 0 Å². The number of aliphatic hydroxyl groups excluding tert-OH is 1. The van der Waals surface area contributed by atoms with Crippen molar-refractivity contribution >= 4 is 23.3 Å². The maximum atomic E-state index is 11.1. The van der Waals surface area contributed by atoms with Crippen LogP contribution in [0.5, 0.6) is 0 Å². The van der Waals surface area contributed by atoms with Gasteiger partial charge in [0.15, 0.2) is 0 Å². The van der Waals surface area contributed by atoms with Crippen LogP contribution in [-0.4, -0.2) is 34.6 Å². The lowest BCUT2D eigenvalue weighted by molar-refractivity contribution is 0.120. The summed E-state index contributed by atoms with van der Waals surface area (Å²) in [6.07, 6.45) is -0.541. The fourth-order valence-corrected chi connectivity index (χ4v) is 3.68. The van der Waals surface area contributed by atoms with Gasteiger partial charge in [-0.15, -0.1) is 12.4 Å². The average molecular weight is 399 g/mol. The second kappa shape index (κ2) is 9.51. The molecule has 0 spiro atoms. The van der Waals surface area contributed by atoms with Crippen molar-refractivity contribution in [1.29, 1.82) is 0 Å². The van der Waals surface area contributed by atoms with Gasteiger partial charge in [-0.1, -0.05) is 55.3 Å². The minimum atomic E-state index is -0.541. The van der Waals surface area contributed by atoms with Crippen LogP contribution >= 0.6 is 12.4 Å². The number of pyridine rings is 1. The average Bonchev–Trinajstić information content (AvgIpc) is 2.65. The second-order valence-electron chi connectivity index (χ2n) is 7.44. The van der Waals surface area contributed by atoms with E-state index in [1.807, 2.05) is 0 Å². The minimum absolute atomic E-state index is 0. The highest BCUT2D eigenvalue weighted by Crippen LogP contribution is 2.31. The molecule has 1 atom stereocenters. The molecule has 1 heterocycles. The molecule has 0 fully saturated rings. The number of benzene rings is 2. The van der Waals surface area contributed by atoms with Gasteiger partial charge < -0.3 is 10.0 Å². The van der Waals surface area contributed by atoms with Crippen LogP contribution in [0.25, 0.3) is 22.2 Å². The highest BCUT2D eigenvalue weighted by atomic mass is 35.5. The van der Waals surface area contributed by atoms with Gasteiger partial charge in [-0.25, -0.2) is 4.98 Å². The van der Waals surface area contributed by atoms with Crippen molar-refractivity contribution in [2.45, 2.75) is 40.7 Å². The number of aryl methyl sites for hydroxylation is 3. The van der Waals surface area contributed by atoms with E-state index in [1.54, 1.807) is 0 Å². The van der Waals surface area contributed by atoms with E-state index in [2.05, 4.69) is 82.0 Å². The van der Waals surface area contributed by atoms with Crippen LogP contribution in [0.1, 0.15) is 42.2 Å². The summed E-state index contributed by atoms with van der Waals surface area (Å²) in [5, 5.41) is 12.1. The van der Waals surface area contributed by atoms with Crippen molar-refractivity contribution in [2.24, 2.45) is 0 Å². The lowest BCUT2D eigenvalue weighted by atomic mass is 9.96. The van der Waals surface area contributed by atoms with Gasteiger partial charge in [0.25, 0.3) is 0 Å². The topological polar surface area (TPSA) is 36.4 Å². The van der Waals surface area contributed by atoms with Crippen molar-refractivity contribution in [3.05, 3.63) is 64.7 Å². The summed E-state index contributed by atoms with van der Waals surface area (Å²) in [5.41, 5.74) is 7.52. The minimum Gasteiger partial charge on any atom is -0.387 e. The zero-order valence-electron chi connectivity index (χ0n) is 17.5. The molecule has 3 aromatic rings. The maximum absolute atomic E-state index is 11.1. The summed E-state index contributed by atoms with van der Waals surface area (Å²) in [6, 6.07) is 14.8. The Balaban J connectivity index is 0.00000280. The number of hydrogen-bond donors (Lipinski definition) is 1. The monoisotopic (exact) mass is 398 g/mol. The molecule has 28 heavy (non-hydrogen) atoms. The molecule has 0 aliphatic carbocycles. The third-order valence-corrected chi connectivity index (χ3v) is 5.31. The van der Waals surface area contributed by atoms with Crippen molar-refractivity contribution in [2.75, 3.05) is 19.6 Å². The predicted molar refractivity (Wildman–Crippen MR) is 121 cm³/mol. The number of aliphatic hydroxyl groups is 1. The Morgan fingerprint density at radius 3 is 2.18 bits per heavy atom. The normalized spacial score (nSPS) is 12.2. The lowest BCUT2D eigenvalue weighted by Crippen LogP contribution is -2.28. The lowest BCUT2D eigenvalue weighted by Gasteiger charge is -2.23. The van der Waals surface area contributed by atoms with E-state index >= 15 is 0 Å². The second-order valence-corrected chi connectivity index (χ2v) is 7.44. The van der Waals surface area contributed by atoms with Crippen LogP contribution < -0.4 is 0 Å². The molecule has 4 heteroatoms. The number of aromatic nitrogens is 1. The summed E-state index contributed by atoms with van der Waals surface area (Å²) < 4.78 is 0. The molecule has 0 saturated carbocycles. The van der Waals surface area contributed by atoms with Gasteiger partial charge in [0.05, 0.1) is 17.3 Å².